The van der Waals surface area contributed by atoms with Crippen molar-refractivity contribution in [3.63, 3.8) is 0 Å². The molecule has 0 saturated carbocycles. The van der Waals surface area contributed by atoms with Gasteiger partial charge in [0, 0.05) is 24.3 Å². The maximum absolute atomic E-state index is 12.4. The highest BCUT2D eigenvalue weighted by molar-refractivity contribution is 5.98. The number of amides is 2. The van der Waals surface area contributed by atoms with Gasteiger partial charge in [-0.05, 0) is 44.0 Å². The number of benzene rings is 2. The molecule has 1 atom stereocenters. The minimum Gasteiger partial charge on any atom is -0.339 e. The smallest absolute Gasteiger partial charge is 0.253 e. The molecule has 5 heteroatoms. The predicted octanol–water partition coefficient (Wildman–Crippen LogP) is 2.68. The molecule has 3 N–H and O–H groups in total. The third kappa shape index (κ3) is 5.16. The number of anilines is 1. The van der Waals surface area contributed by atoms with E-state index in [4.69, 9.17) is 5.73 Å². The van der Waals surface area contributed by atoms with Gasteiger partial charge in [0.25, 0.3) is 5.91 Å². The SMILES string of the molecule is CCN(CC)C(=O)c1cccc(NC(=O)[C@@H](N)Cc2ccccc2)c1. The van der Waals surface area contributed by atoms with Gasteiger partial charge in [-0.1, -0.05) is 36.4 Å². The number of nitrogens with two attached hydrogens (primary N) is 1. The first-order chi connectivity index (χ1) is 12.0. The number of nitrogens with one attached hydrogen (secondary N) is 1. The van der Waals surface area contributed by atoms with Crippen molar-refractivity contribution in [1.82, 2.24) is 4.90 Å². The van der Waals surface area contributed by atoms with Crippen molar-refractivity contribution in [2.24, 2.45) is 5.73 Å². The Balaban J connectivity index is 2.03. The second-order valence-corrected chi connectivity index (χ2v) is 5.84. The van der Waals surface area contributed by atoms with Crippen LogP contribution < -0.4 is 11.1 Å². The molecule has 0 radical (unpaired) electrons. The number of hydrogen-bond acceptors (Lipinski definition) is 3. The fraction of sp³-hybridized carbons (Fsp3) is 0.300. The summed E-state index contributed by atoms with van der Waals surface area (Å²) < 4.78 is 0. The van der Waals surface area contributed by atoms with Crippen LogP contribution >= 0.6 is 0 Å². The summed E-state index contributed by atoms with van der Waals surface area (Å²) in [5.41, 5.74) is 8.14. The summed E-state index contributed by atoms with van der Waals surface area (Å²) in [6.07, 6.45) is 0.463. The molecule has 2 aromatic carbocycles. The van der Waals surface area contributed by atoms with Crippen LogP contribution in [-0.4, -0.2) is 35.8 Å². The van der Waals surface area contributed by atoms with E-state index in [1.807, 2.05) is 44.2 Å². The first kappa shape index (κ1) is 18.7. The standard InChI is InChI=1S/C20H25N3O2/c1-3-23(4-2)20(25)16-11-8-12-17(14-16)22-19(24)18(21)13-15-9-6-5-7-10-15/h5-12,14,18H,3-4,13,21H2,1-2H3,(H,22,24)/t18-/m0/s1. The Labute approximate surface area is 148 Å². The second-order valence-electron chi connectivity index (χ2n) is 5.84. The molecule has 25 heavy (non-hydrogen) atoms. The van der Waals surface area contributed by atoms with Gasteiger partial charge in [0.05, 0.1) is 6.04 Å². The Morgan fingerprint density at radius 1 is 1.04 bits per heavy atom. The van der Waals surface area contributed by atoms with E-state index in [0.29, 0.717) is 30.8 Å². The molecule has 0 saturated heterocycles. The minimum atomic E-state index is -0.649. The molecule has 0 fully saturated rings. The second kappa shape index (κ2) is 8.99. The topological polar surface area (TPSA) is 75.4 Å². The predicted molar refractivity (Wildman–Crippen MR) is 100 cm³/mol. The molecule has 5 nitrogen and oxygen atoms in total. The summed E-state index contributed by atoms with van der Waals surface area (Å²) in [7, 11) is 0. The highest BCUT2D eigenvalue weighted by Gasteiger charge is 2.16. The Bertz CT molecular complexity index is 712. The number of carbonyl (C=O) groups excluding carboxylic acids is 2. The van der Waals surface area contributed by atoms with Crippen LogP contribution in [0.25, 0.3) is 0 Å². The van der Waals surface area contributed by atoms with Crippen molar-refractivity contribution >= 4 is 17.5 Å². The number of nitrogens with zero attached hydrogens (tertiary/aromatic N) is 1. The van der Waals surface area contributed by atoms with Crippen molar-refractivity contribution in [3.05, 3.63) is 65.7 Å². The molecule has 2 amide bonds. The Hall–Kier alpha value is -2.66. The third-order valence-electron chi connectivity index (χ3n) is 4.06. The summed E-state index contributed by atoms with van der Waals surface area (Å²) in [4.78, 5) is 26.5. The van der Waals surface area contributed by atoms with Crippen molar-refractivity contribution in [2.75, 3.05) is 18.4 Å². The minimum absolute atomic E-state index is 0.0466. The summed E-state index contributed by atoms with van der Waals surface area (Å²) in [5, 5.41) is 2.80. The Morgan fingerprint density at radius 2 is 1.72 bits per heavy atom. The molecule has 0 aliphatic heterocycles. The lowest BCUT2D eigenvalue weighted by molar-refractivity contribution is -0.117. The van der Waals surface area contributed by atoms with E-state index in [1.165, 1.54) is 0 Å². The van der Waals surface area contributed by atoms with Crippen molar-refractivity contribution < 1.29 is 9.59 Å². The summed E-state index contributed by atoms with van der Waals surface area (Å²) in [6.45, 7) is 5.17. The van der Waals surface area contributed by atoms with Crippen LogP contribution in [-0.2, 0) is 11.2 Å². The van der Waals surface area contributed by atoms with E-state index in [2.05, 4.69) is 5.32 Å². The largest absolute Gasteiger partial charge is 0.339 e. The summed E-state index contributed by atoms with van der Waals surface area (Å²) in [5.74, 6) is -0.314. The van der Waals surface area contributed by atoms with Crippen LogP contribution in [0, 0.1) is 0 Å². The highest BCUT2D eigenvalue weighted by Crippen LogP contribution is 2.14. The van der Waals surface area contributed by atoms with E-state index < -0.39 is 6.04 Å². The number of hydrogen-bond donors (Lipinski definition) is 2. The normalized spacial score (nSPS) is 11.6. The summed E-state index contributed by atoms with van der Waals surface area (Å²) in [6, 6.07) is 15.9. The molecule has 0 aromatic heterocycles. The molecule has 2 aromatic rings. The molecule has 0 heterocycles. The van der Waals surface area contributed by atoms with Gasteiger partial charge < -0.3 is 16.0 Å². The monoisotopic (exact) mass is 339 g/mol. The van der Waals surface area contributed by atoms with E-state index in [9.17, 15) is 9.59 Å². The maximum atomic E-state index is 12.4. The van der Waals surface area contributed by atoms with Crippen LogP contribution in [0.3, 0.4) is 0 Å². The molecule has 0 bridgehead atoms. The van der Waals surface area contributed by atoms with Gasteiger partial charge >= 0.3 is 0 Å². The van der Waals surface area contributed by atoms with Gasteiger partial charge in [0.2, 0.25) is 5.91 Å². The van der Waals surface area contributed by atoms with Gasteiger partial charge in [-0.2, -0.15) is 0 Å². The van der Waals surface area contributed by atoms with E-state index in [-0.39, 0.29) is 11.8 Å². The first-order valence-corrected chi connectivity index (χ1v) is 8.54. The van der Waals surface area contributed by atoms with E-state index in [1.54, 1.807) is 29.2 Å². The van der Waals surface area contributed by atoms with Gasteiger partial charge in [0.1, 0.15) is 0 Å². The van der Waals surface area contributed by atoms with Crippen molar-refractivity contribution in [2.45, 2.75) is 26.3 Å². The van der Waals surface area contributed by atoms with Crippen LogP contribution in [0.15, 0.2) is 54.6 Å². The summed E-state index contributed by atoms with van der Waals surface area (Å²) >= 11 is 0. The Kier molecular flexibility index (Phi) is 6.71. The maximum Gasteiger partial charge on any atom is 0.253 e. The molecule has 0 unspecified atom stereocenters. The molecule has 0 aliphatic carbocycles. The van der Waals surface area contributed by atoms with Crippen LogP contribution in [0.4, 0.5) is 5.69 Å². The number of carbonyl (C=O) groups is 2. The van der Waals surface area contributed by atoms with E-state index in [0.717, 1.165) is 5.56 Å². The quantitative estimate of drug-likeness (QED) is 0.814. The van der Waals surface area contributed by atoms with Crippen molar-refractivity contribution in [1.29, 1.82) is 0 Å². The zero-order chi connectivity index (χ0) is 18.2. The lowest BCUT2D eigenvalue weighted by Crippen LogP contribution is -2.37. The third-order valence-corrected chi connectivity index (χ3v) is 4.06. The number of rotatable bonds is 7. The molecule has 0 aliphatic rings. The van der Waals surface area contributed by atoms with Gasteiger partial charge in [-0.15, -0.1) is 0 Å². The van der Waals surface area contributed by atoms with Crippen molar-refractivity contribution in [3.8, 4) is 0 Å². The molecule has 2 rings (SSSR count). The van der Waals surface area contributed by atoms with E-state index >= 15 is 0 Å². The van der Waals surface area contributed by atoms with Gasteiger partial charge in [-0.25, -0.2) is 0 Å². The van der Waals surface area contributed by atoms with Gasteiger partial charge in [0.15, 0.2) is 0 Å². The fourth-order valence-corrected chi connectivity index (χ4v) is 2.62. The zero-order valence-electron chi connectivity index (χ0n) is 14.7. The lowest BCUT2D eigenvalue weighted by atomic mass is 10.1. The molecular weight excluding hydrogens is 314 g/mol. The lowest BCUT2D eigenvalue weighted by Gasteiger charge is -2.19. The Morgan fingerprint density at radius 3 is 2.36 bits per heavy atom. The molecular formula is C20H25N3O2. The first-order valence-electron chi connectivity index (χ1n) is 8.54. The molecule has 132 valence electrons. The zero-order valence-corrected chi connectivity index (χ0v) is 14.7. The highest BCUT2D eigenvalue weighted by atomic mass is 16.2. The average molecular weight is 339 g/mol. The van der Waals surface area contributed by atoms with Gasteiger partial charge in [-0.3, -0.25) is 9.59 Å². The van der Waals surface area contributed by atoms with Crippen LogP contribution in [0.2, 0.25) is 0 Å². The van der Waals surface area contributed by atoms with Crippen LogP contribution in [0.1, 0.15) is 29.8 Å². The fourth-order valence-electron chi connectivity index (χ4n) is 2.62. The molecule has 0 spiro atoms. The van der Waals surface area contributed by atoms with Crippen LogP contribution in [0.5, 0.6) is 0 Å². The average Bonchev–Trinajstić information content (AvgIpc) is 2.63.